The van der Waals surface area contributed by atoms with Gasteiger partial charge >= 0.3 is 5.97 Å². The van der Waals surface area contributed by atoms with Gasteiger partial charge in [0, 0.05) is 17.5 Å². The smallest absolute Gasteiger partial charge is 0.326 e. The number of rotatable bonds is 2. The van der Waals surface area contributed by atoms with Crippen LogP contribution in [0.5, 0.6) is 0 Å². The summed E-state index contributed by atoms with van der Waals surface area (Å²) >= 11 is 0. The van der Waals surface area contributed by atoms with Crippen LogP contribution in [0.25, 0.3) is 0 Å². The Morgan fingerprint density at radius 3 is 3.06 bits per heavy atom. The predicted octanol–water partition coefficient (Wildman–Crippen LogP) is 2.79. The molecule has 1 aliphatic heterocycles. The van der Waals surface area contributed by atoms with Gasteiger partial charge in [0.15, 0.2) is 0 Å². The van der Waals surface area contributed by atoms with Crippen molar-refractivity contribution in [2.75, 3.05) is 5.32 Å². The highest BCUT2D eigenvalue weighted by molar-refractivity contribution is 5.80. The first kappa shape index (κ1) is 11.3. The summed E-state index contributed by atoms with van der Waals surface area (Å²) in [5.74, 6) is -0.338. The van der Waals surface area contributed by atoms with Gasteiger partial charge in [-0.3, -0.25) is 0 Å². The summed E-state index contributed by atoms with van der Waals surface area (Å²) in [6, 6.07) is 5.84. The van der Waals surface area contributed by atoms with Crippen LogP contribution in [-0.4, -0.2) is 17.1 Å². The van der Waals surface area contributed by atoms with Crippen LogP contribution in [-0.2, 0) is 11.2 Å². The zero-order valence-corrected chi connectivity index (χ0v) is 10.4. The molecule has 18 heavy (non-hydrogen) atoms. The Kier molecular flexibility index (Phi) is 2.62. The molecule has 3 atom stereocenters. The average molecular weight is 243 g/mol. The molecule has 0 aromatic heterocycles. The van der Waals surface area contributed by atoms with Gasteiger partial charge in [-0.15, -0.1) is 0 Å². The normalized spacial score (nSPS) is 28.4. The van der Waals surface area contributed by atoms with Crippen LogP contribution in [0.1, 0.15) is 30.4 Å². The molecule has 0 spiro atoms. The minimum atomic E-state index is -0.751. The first-order valence-electron chi connectivity index (χ1n) is 6.49. The lowest BCUT2D eigenvalue weighted by molar-refractivity contribution is -0.139. The van der Waals surface area contributed by atoms with Crippen molar-refractivity contribution in [1.82, 2.24) is 0 Å². The zero-order chi connectivity index (χ0) is 12.7. The Bertz CT molecular complexity index is 521. The molecular weight excluding hydrogens is 226 g/mol. The molecule has 3 heteroatoms. The maximum absolute atomic E-state index is 11.3. The third kappa shape index (κ3) is 1.62. The highest BCUT2D eigenvalue weighted by atomic mass is 16.4. The van der Waals surface area contributed by atoms with Gasteiger partial charge in [-0.25, -0.2) is 4.79 Å². The number of aryl methyl sites for hydroxylation is 1. The minimum absolute atomic E-state index is 0.155. The molecule has 0 amide bonds. The van der Waals surface area contributed by atoms with E-state index < -0.39 is 12.0 Å². The summed E-state index contributed by atoms with van der Waals surface area (Å²) < 4.78 is 0. The van der Waals surface area contributed by atoms with Crippen LogP contribution < -0.4 is 5.32 Å². The number of hydrogen-bond donors (Lipinski definition) is 2. The lowest BCUT2D eigenvalue weighted by Crippen LogP contribution is -2.41. The molecule has 0 radical (unpaired) electrons. The summed E-state index contributed by atoms with van der Waals surface area (Å²) in [5.41, 5.74) is 3.54. The third-order valence-corrected chi connectivity index (χ3v) is 4.10. The first-order valence-corrected chi connectivity index (χ1v) is 6.49. The quantitative estimate of drug-likeness (QED) is 0.785. The fourth-order valence-electron chi connectivity index (χ4n) is 3.11. The molecule has 2 aliphatic rings. The fourth-order valence-corrected chi connectivity index (χ4v) is 3.11. The van der Waals surface area contributed by atoms with Crippen molar-refractivity contribution in [1.29, 1.82) is 0 Å². The summed E-state index contributed by atoms with van der Waals surface area (Å²) in [6.07, 6.45) is 6.14. The van der Waals surface area contributed by atoms with Crippen LogP contribution >= 0.6 is 0 Å². The Balaban J connectivity index is 2.06. The van der Waals surface area contributed by atoms with E-state index in [1.54, 1.807) is 0 Å². The predicted molar refractivity (Wildman–Crippen MR) is 70.9 cm³/mol. The van der Waals surface area contributed by atoms with E-state index in [0.29, 0.717) is 0 Å². The topological polar surface area (TPSA) is 49.3 Å². The molecule has 0 bridgehead atoms. The number of benzene rings is 1. The summed E-state index contributed by atoms with van der Waals surface area (Å²) in [4.78, 5) is 11.3. The van der Waals surface area contributed by atoms with Crippen molar-refractivity contribution in [2.45, 2.75) is 31.7 Å². The standard InChI is InChI=1S/C15H17NO2/c1-2-9-6-7-13-12(8-9)10-4-3-5-11(10)14(16-13)15(17)18/h3-4,6-8,10-11,14,16H,2,5H2,1H3,(H,17,18)/t10-,11-,14+/m1/s1. The van der Waals surface area contributed by atoms with Gasteiger partial charge in [-0.05, 0) is 30.0 Å². The van der Waals surface area contributed by atoms with Crippen LogP contribution in [0.4, 0.5) is 5.69 Å². The number of carboxylic acid groups (broad SMARTS) is 1. The monoisotopic (exact) mass is 243 g/mol. The van der Waals surface area contributed by atoms with Crippen LogP contribution in [0.3, 0.4) is 0 Å². The molecule has 1 heterocycles. The number of carbonyl (C=O) groups is 1. The Hall–Kier alpha value is -1.77. The van der Waals surface area contributed by atoms with Crippen molar-refractivity contribution in [3.63, 3.8) is 0 Å². The highest BCUT2D eigenvalue weighted by Gasteiger charge is 2.40. The van der Waals surface area contributed by atoms with E-state index in [1.165, 1.54) is 11.1 Å². The van der Waals surface area contributed by atoms with E-state index in [1.807, 2.05) is 6.07 Å². The summed E-state index contributed by atoms with van der Waals surface area (Å²) in [6.45, 7) is 2.14. The minimum Gasteiger partial charge on any atom is -0.480 e. The van der Waals surface area contributed by atoms with E-state index in [0.717, 1.165) is 18.5 Å². The van der Waals surface area contributed by atoms with Crippen LogP contribution in [0, 0.1) is 5.92 Å². The molecule has 0 saturated heterocycles. The van der Waals surface area contributed by atoms with Gasteiger partial charge in [0.1, 0.15) is 6.04 Å². The fraction of sp³-hybridized carbons (Fsp3) is 0.400. The molecule has 0 fully saturated rings. The van der Waals surface area contributed by atoms with Crippen molar-refractivity contribution >= 4 is 11.7 Å². The number of anilines is 1. The molecule has 0 saturated carbocycles. The van der Waals surface area contributed by atoms with Gasteiger partial charge in [-0.2, -0.15) is 0 Å². The highest BCUT2D eigenvalue weighted by Crippen LogP contribution is 2.44. The van der Waals surface area contributed by atoms with Crippen molar-refractivity contribution < 1.29 is 9.90 Å². The molecule has 94 valence electrons. The SMILES string of the molecule is CCc1ccc2c(c1)[C@@H]1C=CC[C@H]1[C@@H](C(=O)O)N2. The van der Waals surface area contributed by atoms with Crippen molar-refractivity contribution in [3.8, 4) is 0 Å². The second-order valence-electron chi connectivity index (χ2n) is 5.09. The number of carboxylic acids is 1. The van der Waals surface area contributed by atoms with Crippen molar-refractivity contribution in [3.05, 3.63) is 41.5 Å². The zero-order valence-electron chi connectivity index (χ0n) is 10.4. The molecule has 1 aromatic carbocycles. The Labute approximate surface area is 107 Å². The van der Waals surface area contributed by atoms with Gasteiger partial charge < -0.3 is 10.4 Å². The number of nitrogens with one attached hydrogen (secondary N) is 1. The Morgan fingerprint density at radius 1 is 1.50 bits per heavy atom. The van der Waals surface area contributed by atoms with E-state index >= 15 is 0 Å². The number of allylic oxidation sites excluding steroid dienone is 2. The maximum atomic E-state index is 11.3. The van der Waals surface area contributed by atoms with Crippen LogP contribution in [0.15, 0.2) is 30.4 Å². The third-order valence-electron chi connectivity index (χ3n) is 4.10. The number of aliphatic carboxylic acids is 1. The first-order chi connectivity index (χ1) is 8.70. The van der Waals surface area contributed by atoms with Crippen LogP contribution in [0.2, 0.25) is 0 Å². The maximum Gasteiger partial charge on any atom is 0.326 e. The molecule has 0 unspecified atom stereocenters. The lowest BCUT2D eigenvalue weighted by atomic mass is 9.79. The van der Waals surface area contributed by atoms with Gasteiger partial charge in [0.2, 0.25) is 0 Å². The molecule has 2 N–H and O–H groups in total. The number of fused-ring (bicyclic) bond motifs is 3. The Morgan fingerprint density at radius 2 is 2.33 bits per heavy atom. The summed E-state index contributed by atoms with van der Waals surface area (Å²) in [5, 5.41) is 12.5. The lowest BCUT2D eigenvalue weighted by Gasteiger charge is -2.35. The molecule has 1 aliphatic carbocycles. The summed E-state index contributed by atoms with van der Waals surface area (Å²) in [7, 11) is 0. The second kappa shape index (κ2) is 4.16. The van der Waals surface area contributed by atoms with E-state index in [2.05, 4.69) is 36.5 Å². The number of hydrogen-bond acceptors (Lipinski definition) is 2. The molecular formula is C15H17NO2. The van der Waals surface area contributed by atoms with Gasteiger partial charge in [0.25, 0.3) is 0 Å². The molecule has 3 nitrogen and oxygen atoms in total. The van der Waals surface area contributed by atoms with Crippen molar-refractivity contribution in [2.24, 2.45) is 5.92 Å². The van der Waals surface area contributed by atoms with E-state index in [9.17, 15) is 9.90 Å². The largest absolute Gasteiger partial charge is 0.480 e. The average Bonchev–Trinajstić information content (AvgIpc) is 2.86. The van der Waals surface area contributed by atoms with E-state index in [4.69, 9.17) is 0 Å². The molecule has 3 rings (SSSR count). The van der Waals surface area contributed by atoms with Gasteiger partial charge in [-0.1, -0.05) is 31.2 Å². The van der Waals surface area contributed by atoms with E-state index in [-0.39, 0.29) is 11.8 Å². The molecule has 1 aromatic rings. The second-order valence-corrected chi connectivity index (χ2v) is 5.09. The van der Waals surface area contributed by atoms with Gasteiger partial charge in [0.05, 0.1) is 0 Å².